The number of benzene rings is 2. The molecule has 1 aliphatic rings. The number of piperidine rings is 1. The van der Waals surface area contributed by atoms with Crippen LogP contribution in [0.3, 0.4) is 0 Å². The lowest BCUT2D eigenvalue weighted by molar-refractivity contribution is -0.534. The molecule has 5 nitrogen and oxygen atoms in total. The molecule has 0 unspecified atom stereocenters. The highest BCUT2D eigenvalue weighted by Crippen LogP contribution is 2.36. The summed E-state index contributed by atoms with van der Waals surface area (Å²) >= 11 is 0. The number of hydrogen-bond donors (Lipinski definition) is 0. The first kappa shape index (κ1) is 17.0. The van der Waals surface area contributed by atoms with Crippen LogP contribution in [0.25, 0.3) is 0 Å². The summed E-state index contributed by atoms with van der Waals surface area (Å²) < 4.78 is 27.9. The third-order valence-electron chi connectivity index (χ3n) is 4.42. The molecule has 7 heteroatoms. The van der Waals surface area contributed by atoms with Gasteiger partial charge in [-0.15, -0.1) is 0 Å². The van der Waals surface area contributed by atoms with Gasteiger partial charge in [0.1, 0.15) is 17.7 Å². The molecule has 2 atom stereocenters. The molecule has 1 heterocycles. The van der Waals surface area contributed by atoms with Crippen LogP contribution in [0.15, 0.2) is 48.5 Å². The fourth-order valence-electron chi connectivity index (χ4n) is 3.24. The van der Waals surface area contributed by atoms with Crippen LogP contribution in [0.5, 0.6) is 0 Å². The average molecular weight is 346 g/mol. The number of amides is 1. The monoisotopic (exact) mass is 346 g/mol. The maximum atomic E-state index is 14.3. The van der Waals surface area contributed by atoms with Crippen molar-refractivity contribution in [1.82, 2.24) is 4.90 Å². The number of carbonyl (C=O) groups excluding carboxylic acids is 1. The van der Waals surface area contributed by atoms with Gasteiger partial charge >= 0.3 is 0 Å². The standard InChI is InChI=1S/C18H16F2N2O3/c19-13-6-7-15(20)14(10-13)18-16(22(24)25)8-9-17(23)21(18)11-12-4-2-1-3-5-12/h1-7,10,16,18H,8-9,11H2/t16-,18+/m1/s1. The fraction of sp³-hybridized carbons (Fsp3) is 0.278. The third-order valence-corrected chi connectivity index (χ3v) is 4.42. The molecule has 1 amide bonds. The Balaban J connectivity index is 2.06. The molecule has 0 radical (unpaired) electrons. The number of hydrogen-bond acceptors (Lipinski definition) is 3. The van der Waals surface area contributed by atoms with Crippen LogP contribution in [0.1, 0.15) is 30.0 Å². The summed E-state index contributed by atoms with van der Waals surface area (Å²) in [6, 6.07) is 9.43. The Morgan fingerprint density at radius 3 is 2.56 bits per heavy atom. The molecule has 2 aromatic rings. The summed E-state index contributed by atoms with van der Waals surface area (Å²) in [5, 5.41) is 11.5. The summed E-state index contributed by atoms with van der Waals surface area (Å²) in [7, 11) is 0. The maximum absolute atomic E-state index is 14.3. The Kier molecular flexibility index (Phi) is 4.74. The number of nitro groups is 1. The Morgan fingerprint density at radius 2 is 1.88 bits per heavy atom. The van der Waals surface area contributed by atoms with E-state index in [1.165, 1.54) is 4.90 Å². The van der Waals surface area contributed by atoms with Crippen molar-refractivity contribution >= 4 is 5.91 Å². The quantitative estimate of drug-likeness (QED) is 0.629. The van der Waals surface area contributed by atoms with Gasteiger partial charge in [0.15, 0.2) is 0 Å². The summed E-state index contributed by atoms with van der Waals surface area (Å²) in [5.74, 6) is -1.77. The zero-order valence-corrected chi connectivity index (χ0v) is 13.3. The highest BCUT2D eigenvalue weighted by Gasteiger charge is 2.45. The van der Waals surface area contributed by atoms with Crippen molar-refractivity contribution in [1.29, 1.82) is 0 Å². The van der Waals surface area contributed by atoms with Gasteiger partial charge in [-0.25, -0.2) is 8.78 Å². The molecule has 1 saturated heterocycles. The number of rotatable bonds is 4. The average Bonchev–Trinajstić information content (AvgIpc) is 2.59. The van der Waals surface area contributed by atoms with Crippen LogP contribution in [0, 0.1) is 21.7 Å². The Labute approximate surface area is 143 Å². The minimum atomic E-state index is -1.18. The first-order valence-electron chi connectivity index (χ1n) is 7.89. The van der Waals surface area contributed by atoms with Gasteiger partial charge in [0, 0.05) is 29.9 Å². The molecule has 2 aromatic carbocycles. The molecule has 0 spiro atoms. The second-order valence-electron chi connectivity index (χ2n) is 6.01. The molecule has 0 aliphatic carbocycles. The van der Waals surface area contributed by atoms with Crippen LogP contribution >= 0.6 is 0 Å². The number of halogens is 2. The van der Waals surface area contributed by atoms with Crippen molar-refractivity contribution in [3.8, 4) is 0 Å². The normalized spacial score (nSPS) is 20.6. The van der Waals surface area contributed by atoms with Crippen LogP contribution in [-0.2, 0) is 11.3 Å². The van der Waals surface area contributed by atoms with Crippen LogP contribution in [-0.4, -0.2) is 21.8 Å². The SMILES string of the molecule is O=C1CC[C@@H]([N+](=O)[O-])[C@H](c2cc(F)ccc2F)N1Cc1ccccc1. The molecular weight excluding hydrogens is 330 g/mol. The van der Waals surface area contributed by atoms with Crippen molar-refractivity contribution in [3.63, 3.8) is 0 Å². The molecule has 1 fully saturated rings. The van der Waals surface area contributed by atoms with Crippen molar-refractivity contribution < 1.29 is 18.5 Å². The van der Waals surface area contributed by atoms with E-state index in [1.807, 2.05) is 6.07 Å². The van der Waals surface area contributed by atoms with Gasteiger partial charge < -0.3 is 4.90 Å². The first-order chi connectivity index (χ1) is 12.0. The van der Waals surface area contributed by atoms with E-state index in [0.29, 0.717) is 0 Å². The third kappa shape index (κ3) is 3.50. The van der Waals surface area contributed by atoms with Crippen molar-refractivity contribution in [3.05, 3.63) is 81.4 Å². The highest BCUT2D eigenvalue weighted by atomic mass is 19.1. The van der Waals surface area contributed by atoms with Gasteiger partial charge in [0.25, 0.3) is 0 Å². The molecule has 0 N–H and O–H groups in total. The molecule has 1 aliphatic heterocycles. The maximum Gasteiger partial charge on any atom is 0.237 e. The van der Waals surface area contributed by atoms with Crippen LogP contribution < -0.4 is 0 Å². The molecule has 3 rings (SSSR count). The zero-order valence-electron chi connectivity index (χ0n) is 13.3. The topological polar surface area (TPSA) is 63.4 Å². The summed E-state index contributed by atoms with van der Waals surface area (Å²) in [4.78, 5) is 24.7. The second-order valence-corrected chi connectivity index (χ2v) is 6.01. The number of carbonyl (C=O) groups is 1. The van der Waals surface area contributed by atoms with Crippen LogP contribution in [0.2, 0.25) is 0 Å². The van der Waals surface area contributed by atoms with Gasteiger partial charge in [0.05, 0.1) is 0 Å². The lowest BCUT2D eigenvalue weighted by Gasteiger charge is -2.37. The van der Waals surface area contributed by atoms with Gasteiger partial charge in [-0.1, -0.05) is 30.3 Å². The van der Waals surface area contributed by atoms with Gasteiger partial charge in [-0.2, -0.15) is 0 Å². The molecule has 0 bridgehead atoms. The lowest BCUT2D eigenvalue weighted by atomic mass is 9.89. The summed E-state index contributed by atoms with van der Waals surface area (Å²) in [6.45, 7) is 0.102. The molecule has 130 valence electrons. The summed E-state index contributed by atoms with van der Waals surface area (Å²) in [5.41, 5.74) is 0.604. The molecule has 25 heavy (non-hydrogen) atoms. The van der Waals surface area contributed by atoms with E-state index in [4.69, 9.17) is 0 Å². The van der Waals surface area contributed by atoms with Crippen LogP contribution in [0.4, 0.5) is 8.78 Å². The Morgan fingerprint density at radius 1 is 1.16 bits per heavy atom. The molecule has 0 aromatic heterocycles. The minimum Gasteiger partial charge on any atom is -0.324 e. The lowest BCUT2D eigenvalue weighted by Crippen LogP contribution is -2.48. The van der Waals surface area contributed by atoms with E-state index in [-0.39, 0.29) is 30.9 Å². The van der Waals surface area contributed by atoms with E-state index >= 15 is 0 Å². The Bertz CT molecular complexity index is 798. The van der Waals surface area contributed by atoms with Gasteiger partial charge in [0.2, 0.25) is 11.9 Å². The van der Waals surface area contributed by atoms with E-state index < -0.39 is 28.6 Å². The molecule has 0 saturated carbocycles. The fourth-order valence-corrected chi connectivity index (χ4v) is 3.24. The van der Waals surface area contributed by atoms with Crippen molar-refractivity contribution in [2.24, 2.45) is 0 Å². The Hall–Kier alpha value is -2.83. The van der Waals surface area contributed by atoms with Gasteiger partial charge in [-0.3, -0.25) is 14.9 Å². The first-order valence-corrected chi connectivity index (χ1v) is 7.89. The molecular formula is C18H16F2N2O3. The highest BCUT2D eigenvalue weighted by molar-refractivity contribution is 5.78. The van der Waals surface area contributed by atoms with Crippen molar-refractivity contribution in [2.45, 2.75) is 31.5 Å². The minimum absolute atomic E-state index is 0.00224. The van der Waals surface area contributed by atoms with E-state index in [1.54, 1.807) is 24.3 Å². The number of nitrogens with zero attached hydrogens (tertiary/aromatic N) is 2. The van der Waals surface area contributed by atoms with E-state index in [0.717, 1.165) is 23.8 Å². The predicted molar refractivity (Wildman–Crippen MR) is 86.1 cm³/mol. The van der Waals surface area contributed by atoms with Crippen molar-refractivity contribution in [2.75, 3.05) is 0 Å². The number of likely N-dealkylation sites (tertiary alicyclic amines) is 1. The largest absolute Gasteiger partial charge is 0.324 e. The van der Waals surface area contributed by atoms with E-state index in [2.05, 4.69) is 0 Å². The summed E-state index contributed by atoms with van der Waals surface area (Å²) in [6.07, 6.45) is 0.00363. The van der Waals surface area contributed by atoms with E-state index in [9.17, 15) is 23.7 Å². The predicted octanol–water partition coefficient (Wildman–Crippen LogP) is 3.47. The second kappa shape index (κ2) is 6.96. The smallest absolute Gasteiger partial charge is 0.237 e. The van der Waals surface area contributed by atoms with Gasteiger partial charge in [-0.05, 0) is 23.8 Å². The zero-order chi connectivity index (χ0) is 18.0.